The Labute approximate surface area is 130 Å². The lowest BCUT2D eigenvalue weighted by Gasteiger charge is -2.08. The van der Waals surface area contributed by atoms with Gasteiger partial charge in [-0.3, -0.25) is 0 Å². The molecule has 0 aliphatic heterocycles. The van der Waals surface area contributed by atoms with Crippen LogP contribution in [0.4, 0.5) is 0 Å². The van der Waals surface area contributed by atoms with Gasteiger partial charge in [0.2, 0.25) is 0 Å². The highest BCUT2D eigenvalue weighted by atomic mass is 15.2. The fraction of sp³-hybridized carbons (Fsp3) is 0.294. The van der Waals surface area contributed by atoms with Gasteiger partial charge >= 0.3 is 0 Å². The average Bonchev–Trinajstić information content (AvgIpc) is 3.00. The Balaban J connectivity index is 1.65. The van der Waals surface area contributed by atoms with Gasteiger partial charge in [-0.2, -0.15) is 5.10 Å². The van der Waals surface area contributed by atoms with Gasteiger partial charge in [-0.05, 0) is 20.3 Å². The van der Waals surface area contributed by atoms with Gasteiger partial charge in [0.05, 0.1) is 11.4 Å². The molecule has 3 rings (SSSR count). The van der Waals surface area contributed by atoms with Crippen molar-refractivity contribution in [2.45, 2.75) is 33.2 Å². The molecule has 0 bridgehead atoms. The first-order valence-corrected chi connectivity index (χ1v) is 7.47. The molecule has 0 spiro atoms. The molecule has 112 valence electrons. The molecule has 0 atom stereocenters. The lowest BCUT2D eigenvalue weighted by atomic mass is 10.2. The lowest BCUT2D eigenvalue weighted by Crippen LogP contribution is -2.06. The molecule has 2 aromatic heterocycles. The number of hydrogen-bond donors (Lipinski definition) is 0. The highest BCUT2D eigenvalue weighted by Gasteiger charge is 2.06. The maximum Gasteiger partial charge on any atom is 0.151 e. The zero-order valence-corrected chi connectivity index (χ0v) is 12.9. The van der Waals surface area contributed by atoms with E-state index in [9.17, 15) is 0 Å². The van der Waals surface area contributed by atoms with E-state index in [2.05, 4.69) is 36.9 Å². The highest BCUT2D eigenvalue weighted by Crippen LogP contribution is 2.17. The molecule has 0 saturated heterocycles. The predicted octanol–water partition coefficient (Wildman–Crippen LogP) is 2.98. The third-order valence-corrected chi connectivity index (χ3v) is 3.68. The van der Waals surface area contributed by atoms with Crippen LogP contribution in [0.1, 0.15) is 23.6 Å². The Hall–Kier alpha value is -2.56. The zero-order valence-electron chi connectivity index (χ0n) is 12.9. The van der Waals surface area contributed by atoms with Crippen molar-refractivity contribution in [2.75, 3.05) is 0 Å². The summed E-state index contributed by atoms with van der Waals surface area (Å²) in [6, 6.07) is 10.2. The number of hydrogen-bond acceptors (Lipinski definition) is 4. The molecule has 1 aromatic carbocycles. The maximum absolute atomic E-state index is 4.47. The maximum atomic E-state index is 4.47. The van der Waals surface area contributed by atoms with Crippen LogP contribution >= 0.6 is 0 Å². The van der Waals surface area contributed by atoms with Crippen molar-refractivity contribution in [1.29, 1.82) is 0 Å². The Morgan fingerprint density at radius 2 is 1.82 bits per heavy atom. The van der Waals surface area contributed by atoms with Crippen molar-refractivity contribution in [2.24, 2.45) is 0 Å². The van der Waals surface area contributed by atoms with Crippen molar-refractivity contribution in [3.8, 4) is 11.4 Å². The Kier molecular flexibility index (Phi) is 4.23. The van der Waals surface area contributed by atoms with Crippen LogP contribution in [0, 0.1) is 13.8 Å². The molecule has 0 N–H and O–H groups in total. The minimum Gasteiger partial charge on any atom is -0.331 e. The van der Waals surface area contributed by atoms with Gasteiger partial charge in [-0.25, -0.2) is 9.97 Å². The molecule has 0 saturated carbocycles. The van der Waals surface area contributed by atoms with E-state index in [1.807, 2.05) is 44.4 Å². The summed E-state index contributed by atoms with van der Waals surface area (Å²) in [4.78, 5) is 8.93. The second kappa shape index (κ2) is 6.47. The summed E-state index contributed by atoms with van der Waals surface area (Å²) < 4.78 is 2.17. The van der Waals surface area contributed by atoms with Crippen molar-refractivity contribution in [1.82, 2.24) is 24.7 Å². The number of rotatable bonds is 5. The van der Waals surface area contributed by atoms with Crippen molar-refractivity contribution < 1.29 is 0 Å². The summed E-state index contributed by atoms with van der Waals surface area (Å²) in [5.74, 6) is 1.81. The van der Waals surface area contributed by atoms with E-state index < -0.39 is 0 Å². The zero-order chi connectivity index (χ0) is 15.4. The quantitative estimate of drug-likeness (QED) is 0.725. The summed E-state index contributed by atoms with van der Waals surface area (Å²) >= 11 is 0. The Morgan fingerprint density at radius 3 is 2.59 bits per heavy atom. The number of aryl methyl sites for hydroxylation is 4. The second-order valence-corrected chi connectivity index (χ2v) is 5.31. The molecule has 0 radical (unpaired) electrons. The highest BCUT2D eigenvalue weighted by molar-refractivity contribution is 5.55. The molecule has 0 unspecified atom stereocenters. The largest absolute Gasteiger partial charge is 0.331 e. The fourth-order valence-electron chi connectivity index (χ4n) is 2.35. The third-order valence-electron chi connectivity index (χ3n) is 3.68. The van der Waals surface area contributed by atoms with Gasteiger partial charge in [-0.15, -0.1) is 5.10 Å². The first kappa shape index (κ1) is 14.4. The topological polar surface area (TPSA) is 56.5 Å². The Bertz CT molecular complexity index is 749. The molecule has 5 heteroatoms. The van der Waals surface area contributed by atoms with Gasteiger partial charge in [0.25, 0.3) is 0 Å². The molecule has 22 heavy (non-hydrogen) atoms. The summed E-state index contributed by atoms with van der Waals surface area (Å²) in [5.41, 5.74) is 2.99. The van der Waals surface area contributed by atoms with E-state index >= 15 is 0 Å². The number of aromatic nitrogens is 5. The van der Waals surface area contributed by atoms with Gasteiger partial charge in [0.15, 0.2) is 5.82 Å². The third kappa shape index (κ3) is 3.19. The van der Waals surface area contributed by atoms with E-state index in [1.165, 1.54) is 0 Å². The first-order chi connectivity index (χ1) is 10.7. The molecular weight excluding hydrogens is 274 g/mol. The molecule has 0 fully saturated rings. The van der Waals surface area contributed by atoms with E-state index in [0.29, 0.717) is 0 Å². The van der Waals surface area contributed by atoms with Gasteiger partial charge in [0.1, 0.15) is 5.82 Å². The van der Waals surface area contributed by atoms with Crippen LogP contribution in [0.25, 0.3) is 11.4 Å². The van der Waals surface area contributed by atoms with E-state index in [-0.39, 0.29) is 0 Å². The molecule has 5 nitrogen and oxygen atoms in total. The lowest BCUT2D eigenvalue weighted by molar-refractivity contribution is 0.624. The number of nitrogens with zero attached hydrogens (tertiary/aromatic N) is 5. The minimum atomic E-state index is 0.810. The van der Waals surface area contributed by atoms with Gasteiger partial charge < -0.3 is 4.57 Å². The fourth-order valence-corrected chi connectivity index (χ4v) is 2.35. The van der Waals surface area contributed by atoms with Crippen molar-refractivity contribution in [3.05, 3.63) is 59.9 Å². The van der Waals surface area contributed by atoms with Gasteiger partial charge in [0, 0.05) is 30.9 Å². The monoisotopic (exact) mass is 293 g/mol. The number of benzene rings is 1. The number of imidazole rings is 1. The van der Waals surface area contributed by atoms with Crippen molar-refractivity contribution >= 4 is 0 Å². The molecule has 2 heterocycles. The van der Waals surface area contributed by atoms with Crippen LogP contribution in [0.2, 0.25) is 0 Å². The first-order valence-electron chi connectivity index (χ1n) is 7.47. The normalized spacial score (nSPS) is 10.8. The SMILES string of the molecule is Cc1nnc(CCCn2ccnc2-c2ccccc2)nc1C. The summed E-state index contributed by atoms with van der Waals surface area (Å²) in [6.07, 6.45) is 5.64. The molecule has 0 amide bonds. The smallest absolute Gasteiger partial charge is 0.151 e. The van der Waals surface area contributed by atoms with Crippen LogP contribution in [0.15, 0.2) is 42.7 Å². The van der Waals surface area contributed by atoms with Gasteiger partial charge in [-0.1, -0.05) is 30.3 Å². The predicted molar refractivity (Wildman–Crippen MR) is 85.3 cm³/mol. The van der Waals surface area contributed by atoms with Crippen LogP contribution in [-0.2, 0) is 13.0 Å². The van der Waals surface area contributed by atoms with Crippen LogP contribution in [0.3, 0.4) is 0 Å². The van der Waals surface area contributed by atoms with E-state index in [4.69, 9.17) is 0 Å². The molecule has 3 aromatic rings. The standard InChI is InChI=1S/C17H19N5/c1-13-14(2)20-21-16(19-13)9-6-11-22-12-10-18-17(22)15-7-4-3-5-8-15/h3-5,7-8,10,12H,6,9,11H2,1-2H3. The summed E-state index contributed by atoms with van der Waals surface area (Å²) in [6.45, 7) is 4.79. The van der Waals surface area contributed by atoms with E-state index in [1.54, 1.807) is 0 Å². The molecular formula is C17H19N5. The summed E-state index contributed by atoms with van der Waals surface area (Å²) in [7, 11) is 0. The Morgan fingerprint density at radius 1 is 1.00 bits per heavy atom. The summed E-state index contributed by atoms with van der Waals surface area (Å²) in [5, 5.41) is 8.28. The molecule has 0 aliphatic carbocycles. The second-order valence-electron chi connectivity index (χ2n) is 5.31. The van der Waals surface area contributed by atoms with Crippen LogP contribution in [0.5, 0.6) is 0 Å². The molecule has 0 aliphatic rings. The average molecular weight is 293 g/mol. The minimum absolute atomic E-state index is 0.810. The van der Waals surface area contributed by atoms with E-state index in [0.717, 1.165) is 48.0 Å². The van der Waals surface area contributed by atoms with Crippen LogP contribution < -0.4 is 0 Å². The van der Waals surface area contributed by atoms with Crippen LogP contribution in [-0.4, -0.2) is 24.7 Å². The van der Waals surface area contributed by atoms with Crippen molar-refractivity contribution in [3.63, 3.8) is 0 Å².